The van der Waals surface area contributed by atoms with Crippen molar-refractivity contribution >= 4 is 28.7 Å². The maximum atomic E-state index is 13.4. The van der Waals surface area contributed by atoms with E-state index in [2.05, 4.69) is 10.6 Å². The molecule has 2 N–H and O–H groups in total. The maximum Gasteiger partial charge on any atom is 0.269 e. The van der Waals surface area contributed by atoms with Crippen LogP contribution in [0.4, 0.5) is 15.8 Å². The van der Waals surface area contributed by atoms with Gasteiger partial charge in [0.2, 0.25) is 0 Å². The lowest BCUT2D eigenvalue weighted by Crippen LogP contribution is -2.28. The summed E-state index contributed by atoms with van der Waals surface area (Å²) >= 11 is 5.06. The van der Waals surface area contributed by atoms with Crippen LogP contribution in [0.15, 0.2) is 36.4 Å². The largest absolute Gasteiger partial charge is 0.872 e. The second-order valence-corrected chi connectivity index (χ2v) is 5.23. The highest BCUT2D eigenvalue weighted by atomic mass is 32.1. The van der Waals surface area contributed by atoms with Crippen molar-refractivity contribution in [3.63, 3.8) is 0 Å². The molecule has 0 fully saturated rings. The molecule has 0 aliphatic heterocycles. The Hall–Kier alpha value is -2.74. The number of hydrogen-bond donors (Lipinski definition) is 2. The monoisotopic (exact) mass is 334 g/mol. The van der Waals surface area contributed by atoms with E-state index in [4.69, 9.17) is 12.2 Å². The molecule has 0 aromatic heterocycles. The Kier molecular flexibility index (Phi) is 5.07. The van der Waals surface area contributed by atoms with E-state index in [1.54, 1.807) is 19.1 Å². The number of benzene rings is 2. The number of anilines is 1. The quantitative estimate of drug-likeness (QED) is 0.507. The Labute approximate surface area is 137 Å². The summed E-state index contributed by atoms with van der Waals surface area (Å²) in [6, 6.07) is 8.06. The summed E-state index contributed by atoms with van der Waals surface area (Å²) in [6.07, 6.45) is 0. The van der Waals surface area contributed by atoms with Crippen LogP contribution in [0.25, 0.3) is 0 Å². The first kappa shape index (κ1) is 16.6. The third kappa shape index (κ3) is 4.36. The third-order valence-electron chi connectivity index (χ3n) is 3.12. The molecule has 0 amide bonds. The summed E-state index contributed by atoms with van der Waals surface area (Å²) in [6.45, 7) is 1.68. The number of non-ortho nitro benzene ring substituents is 1. The van der Waals surface area contributed by atoms with Gasteiger partial charge in [0.1, 0.15) is 5.82 Å². The summed E-state index contributed by atoms with van der Waals surface area (Å²) in [7, 11) is 0. The van der Waals surface area contributed by atoms with Gasteiger partial charge in [-0.3, -0.25) is 10.1 Å². The fourth-order valence-corrected chi connectivity index (χ4v) is 2.03. The van der Waals surface area contributed by atoms with Gasteiger partial charge in [-0.1, -0.05) is 12.1 Å². The van der Waals surface area contributed by atoms with E-state index < -0.39 is 4.92 Å². The van der Waals surface area contributed by atoms with Gasteiger partial charge in [-0.05, 0) is 42.4 Å². The van der Waals surface area contributed by atoms with Crippen molar-refractivity contribution in [2.75, 3.05) is 5.32 Å². The summed E-state index contributed by atoms with van der Waals surface area (Å²) in [5, 5.41) is 28.1. The zero-order valence-electron chi connectivity index (χ0n) is 12.1. The Bertz CT molecular complexity index is 768. The average Bonchev–Trinajstić information content (AvgIpc) is 2.50. The normalized spacial score (nSPS) is 10.2. The highest BCUT2D eigenvalue weighted by molar-refractivity contribution is 7.80. The van der Waals surface area contributed by atoms with Crippen LogP contribution < -0.4 is 15.7 Å². The van der Waals surface area contributed by atoms with Crippen molar-refractivity contribution in [3.8, 4) is 5.75 Å². The number of rotatable bonds is 4. The molecule has 6 nitrogen and oxygen atoms in total. The highest BCUT2D eigenvalue weighted by Gasteiger charge is 2.07. The lowest BCUT2D eigenvalue weighted by atomic mass is 10.2. The van der Waals surface area contributed by atoms with Crippen LogP contribution in [-0.4, -0.2) is 10.0 Å². The number of hydrogen-bond acceptors (Lipinski definition) is 4. The van der Waals surface area contributed by atoms with Crippen LogP contribution in [0, 0.1) is 22.9 Å². The van der Waals surface area contributed by atoms with Gasteiger partial charge in [-0.25, -0.2) is 4.39 Å². The molecule has 23 heavy (non-hydrogen) atoms. The van der Waals surface area contributed by atoms with Crippen molar-refractivity contribution in [2.24, 2.45) is 0 Å². The molecule has 0 heterocycles. The van der Waals surface area contributed by atoms with E-state index in [1.165, 1.54) is 12.1 Å². The molecule has 0 atom stereocenters. The number of nitro groups is 1. The molecule has 2 aromatic carbocycles. The first-order valence-corrected chi connectivity index (χ1v) is 7.03. The van der Waals surface area contributed by atoms with Crippen molar-refractivity contribution in [3.05, 3.63) is 63.5 Å². The van der Waals surface area contributed by atoms with E-state index in [-0.39, 0.29) is 34.5 Å². The average molecular weight is 334 g/mol. The van der Waals surface area contributed by atoms with Gasteiger partial charge >= 0.3 is 0 Å². The van der Waals surface area contributed by atoms with Crippen LogP contribution in [0.1, 0.15) is 11.1 Å². The van der Waals surface area contributed by atoms with Crippen LogP contribution in [0.2, 0.25) is 0 Å². The highest BCUT2D eigenvalue weighted by Crippen LogP contribution is 2.20. The standard InChI is InChI=1S/C15H14FN3O3S/c1-9-2-3-11(7-13(9)16)18-15(23)17-8-10-6-12(19(21)22)4-5-14(10)20/h2-7,20H,8H2,1H3,(H2,17,18,23)/p-1. The fraction of sp³-hybridized carbons (Fsp3) is 0.133. The van der Waals surface area contributed by atoms with E-state index in [0.717, 1.165) is 12.1 Å². The maximum absolute atomic E-state index is 13.4. The van der Waals surface area contributed by atoms with Crippen LogP contribution in [0.5, 0.6) is 5.75 Å². The minimum Gasteiger partial charge on any atom is -0.872 e. The zero-order chi connectivity index (χ0) is 17.0. The second-order valence-electron chi connectivity index (χ2n) is 4.82. The minimum absolute atomic E-state index is 0.0285. The van der Waals surface area contributed by atoms with Crippen molar-refractivity contribution < 1.29 is 14.4 Å². The molecule has 120 valence electrons. The first-order valence-electron chi connectivity index (χ1n) is 6.62. The lowest BCUT2D eigenvalue weighted by molar-refractivity contribution is -0.385. The van der Waals surface area contributed by atoms with Gasteiger partial charge < -0.3 is 15.7 Å². The molecule has 0 radical (unpaired) electrons. The van der Waals surface area contributed by atoms with Crippen LogP contribution >= 0.6 is 12.2 Å². The minimum atomic E-state index is -0.575. The topological polar surface area (TPSA) is 90.3 Å². The smallest absolute Gasteiger partial charge is 0.269 e. The Morgan fingerprint density at radius 3 is 2.70 bits per heavy atom. The van der Waals surface area contributed by atoms with Crippen molar-refractivity contribution in [1.29, 1.82) is 0 Å². The Morgan fingerprint density at radius 1 is 1.30 bits per heavy atom. The van der Waals surface area contributed by atoms with Gasteiger partial charge in [0.05, 0.1) is 4.92 Å². The molecule has 0 saturated heterocycles. The summed E-state index contributed by atoms with van der Waals surface area (Å²) in [4.78, 5) is 10.1. The number of nitrogens with one attached hydrogen (secondary N) is 2. The number of nitrogens with zero attached hydrogens (tertiary/aromatic N) is 1. The molecule has 0 spiro atoms. The van der Waals surface area contributed by atoms with Gasteiger partial charge in [-0.2, -0.15) is 0 Å². The SMILES string of the molecule is Cc1ccc(NC(=S)NCc2cc([N+](=O)[O-])ccc2[O-])cc1F. The van der Waals surface area contributed by atoms with Gasteiger partial charge in [0.15, 0.2) is 5.11 Å². The molecule has 0 saturated carbocycles. The van der Waals surface area contributed by atoms with Crippen molar-refractivity contribution in [1.82, 2.24) is 5.32 Å². The van der Waals surface area contributed by atoms with Crippen LogP contribution in [0.3, 0.4) is 0 Å². The van der Waals surface area contributed by atoms with E-state index >= 15 is 0 Å². The summed E-state index contributed by atoms with van der Waals surface area (Å²) < 4.78 is 13.4. The van der Waals surface area contributed by atoms with Gasteiger partial charge in [0.25, 0.3) is 5.69 Å². The lowest BCUT2D eigenvalue weighted by Gasteiger charge is -2.15. The molecule has 8 heteroatoms. The zero-order valence-corrected chi connectivity index (χ0v) is 12.9. The van der Waals surface area contributed by atoms with Crippen LogP contribution in [-0.2, 0) is 6.54 Å². The van der Waals surface area contributed by atoms with Gasteiger partial charge in [-0.15, -0.1) is 5.75 Å². The summed E-state index contributed by atoms with van der Waals surface area (Å²) in [5.74, 6) is -0.689. The van der Waals surface area contributed by atoms with Gasteiger partial charge in [0, 0.05) is 24.4 Å². The predicted octanol–water partition coefficient (Wildman–Crippen LogP) is 2.60. The molecule has 0 aliphatic carbocycles. The first-order chi connectivity index (χ1) is 10.9. The molecule has 2 rings (SSSR count). The molecule has 2 aromatic rings. The van der Waals surface area contributed by atoms with E-state index in [0.29, 0.717) is 11.3 Å². The number of thiocarbonyl (C=S) groups is 1. The third-order valence-corrected chi connectivity index (χ3v) is 3.37. The molecule has 0 unspecified atom stereocenters. The Balaban J connectivity index is 2.00. The number of nitro benzene ring substituents is 1. The summed E-state index contributed by atoms with van der Waals surface area (Å²) in [5.41, 5.74) is 1.04. The Morgan fingerprint density at radius 2 is 2.04 bits per heavy atom. The number of aryl methyl sites for hydroxylation is 1. The van der Waals surface area contributed by atoms with Crippen molar-refractivity contribution in [2.45, 2.75) is 13.5 Å². The van der Waals surface area contributed by atoms with E-state index in [1.807, 2.05) is 0 Å². The fourth-order valence-electron chi connectivity index (χ4n) is 1.84. The molecule has 0 bridgehead atoms. The molecular formula is C15H13FN3O3S-. The predicted molar refractivity (Wildman–Crippen MR) is 86.7 cm³/mol. The number of halogens is 1. The molecular weight excluding hydrogens is 321 g/mol. The second kappa shape index (κ2) is 7.01. The van der Waals surface area contributed by atoms with E-state index in [9.17, 15) is 19.6 Å². The molecule has 0 aliphatic rings.